The number of aromatic nitrogens is 2. The first kappa shape index (κ1) is 50.7. The van der Waals surface area contributed by atoms with Crippen LogP contribution in [-0.4, -0.2) is 9.55 Å². The molecule has 0 saturated carbocycles. The molecule has 1 aliphatic heterocycles. The Kier molecular flexibility index (Phi) is 13.2. The molecule has 3 heterocycles. The van der Waals surface area contributed by atoms with Crippen LogP contribution in [0.25, 0.3) is 33.3 Å². The van der Waals surface area contributed by atoms with Gasteiger partial charge in [0.1, 0.15) is 5.82 Å². The van der Waals surface area contributed by atoms with E-state index in [1.807, 2.05) is 12.3 Å². The molecule has 2 aromatic heterocycles. The van der Waals surface area contributed by atoms with Gasteiger partial charge in [-0.05, 0) is 120 Å². The SMILES string of the molecule is CC(C)(C)c1cc(Oc2[c-]c3c(cc2)c2ccccc2n3-c2cc(C(C)(C)C)ccn2)[c-]c(N2[CH-]N(c3cc(C(C)(C)C)cc(C(C)(C)C)c3)C=C2c2cc(C(C)(C)C)cc(C(C)(C)C)c2)c1.[Pt]. The third kappa shape index (κ3) is 10.4. The maximum atomic E-state index is 6.96. The van der Waals surface area contributed by atoms with Crippen molar-refractivity contribution in [3.05, 3.63) is 167 Å². The number of rotatable bonds is 6. The normalized spacial score (nSPS) is 14.2. The van der Waals surface area contributed by atoms with Crippen LogP contribution in [0, 0.1) is 18.8 Å². The summed E-state index contributed by atoms with van der Waals surface area (Å²) in [4.78, 5) is 9.53. The minimum absolute atomic E-state index is 0. The zero-order valence-corrected chi connectivity index (χ0v) is 46.3. The van der Waals surface area contributed by atoms with Crippen LogP contribution in [-0.2, 0) is 53.6 Å². The summed E-state index contributed by atoms with van der Waals surface area (Å²) in [6.45, 7) is 43.4. The molecule has 0 bridgehead atoms. The Morgan fingerprint density at radius 2 is 1.03 bits per heavy atom. The second kappa shape index (κ2) is 17.7. The number of ether oxygens (including phenoxy) is 1. The molecule has 0 N–H and O–H groups in total. The van der Waals surface area contributed by atoms with E-state index in [0.717, 1.165) is 55.8 Å². The Labute approximate surface area is 423 Å². The van der Waals surface area contributed by atoms with Gasteiger partial charge in [-0.15, -0.1) is 53.6 Å². The molecule has 8 rings (SSSR count). The van der Waals surface area contributed by atoms with E-state index < -0.39 is 0 Å². The second-order valence-corrected chi connectivity index (χ2v) is 25.0. The number of hydrogen-bond donors (Lipinski definition) is 0. The fourth-order valence-electron chi connectivity index (χ4n) is 8.67. The van der Waals surface area contributed by atoms with Crippen molar-refractivity contribution in [2.45, 2.75) is 157 Å². The van der Waals surface area contributed by atoms with Gasteiger partial charge in [-0.1, -0.05) is 160 Å². The second-order valence-electron chi connectivity index (χ2n) is 25.0. The molecule has 5 nitrogen and oxygen atoms in total. The van der Waals surface area contributed by atoms with Crippen molar-refractivity contribution in [1.82, 2.24) is 9.55 Å². The van der Waals surface area contributed by atoms with E-state index in [-0.39, 0.29) is 53.6 Å². The van der Waals surface area contributed by atoms with Gasteiger partial charge in [-0.25, -0.2) is 4.98 Å². The number of pyridine rings is 1. The van der Waals surface area contributed by atoms with Gasteiger partial charge < -0.3 is 19.1 Å². The first-order valence-corrected chi connectivity index (χ1v) is 24.1. The summed E-state index contributed by atoms with van der Waals surface area (Å²) in [5.41, 5.74) is 13.4. The van der Waals surface area contributed by atoms with Crippen LogP contribution in [0.4, 0.5) is 11.4 Å². The quantitative estimate of drug-likeness (QED) is 0.155. The van der Waals surface area contributed by atoms with Crippen LogP contribution in [0.2, 0.25) is 0 Å². The zero-order chi connectivity index (χ0) is 48.8. The molecule has 7 aromatic rings. The van der Waals surface area contributed by atoms with E-state index in [1.54, 1.807) is 0 Å². The van der Waals surface area contributed by atoms with Gasteiger partial charge >= 0.3 is 0 Å². The van der Waals surface area contributed by atoms with Crippen LogP contribution < -0.4 is 14.5 Å². The Morgan fingerprint density at radius 1 is 0.500 bits per heavy atom. The fraction of sp³-hybridized carbons (Fsp3) is 0.387. The Balaban J connectivity index is 0.00000684. The molecular formula is C62H73N4OPt-3. The van der Waals surface area contributed by atoms with Gasteiger partial charge in [0.2, 0.25) is 0 Å². The molecule has 0 saturated heterocycles. The van der Waals surface area contributed by atoms with Crippen molar-refractivity contribution in [2.24, 2.45) is 0 Å². The predicted molar refractivity (Wildman–Crippen MR) is 285 cm³/mol. The van der Waals surface area contributed by atoms with E-state index >= 15 is 0 Å². The van der Waals surface area contributed by atoms with Gasteiger partial charge in [-0.3, -0.25) is 0 Å². The van der Waals surface area contributed by atoms with E-state index in [1.165, 1.54) is 27.8 Å². The summed E-state index contributed by atoms with van der Waals surface area (Å²) in [7, 11) is 0. The van der Waals surface area contributed by atoms with E-state index in [4.69, 9.17) is 9.72 Å². The van der Waals surface area contributed by atoms with Crippen molar-refractivity contribution in [2.75, 3.05) is 9.80 Å². The molecule has 0 fully saturated rings. The standard InChI is InChI=1S/C62H73N4O.Pt/c1-57(2,3)41-25-26-63-56(35-41)66-53-22-20-19-21-51(53)52-24-23-49(37-54(52)66)67-50-34-46(62(16,17)18)33-48(36-50)65-39-64(47-31-44(60(10,11)12)30-45(32-47)61(13,14)15)38-55(65)40-27-42(58(4,5)6)29-43(28-40)59(7,8)9;/h19-35,38-39H,1-18H3;/q-3;. The molecule has 6 heteroatoms. The third-order valence-corrected chi connectivity index (χ3v) is 13.2. The maximum absolute atomic E-state index is 6.96. The van der Waals surface area contributed by atoms with E-state index in [2.05, 4.69) is 255 Å². The molecule has 1 aliphatic rings. The first-order chi connectivity index (χ1) is 30.9. The smallest absolute Gasteiger partial charge is 0.135 e. The summed E-state index contributed by atoms with van der Waals surface area (Å²) in [6.07, 6.45) is 4.22. The first-order valence-electron chi connectivity index (χ1n) is 24.1. The minimum atomic E-state index is -0.191. The van der Waals surface area contributed by atoms with Gasteiger partial charge in [0.05, 0.1) is 0 Å². The van der Waals surface area contributed by atoms with Crippen LogP contribution in [0.1, 0.15) is 164 Å². The molecule has 0 radical (unpaired) electrons. The summed E-state index contributed by atoms with van der Waals surface area (Å²) >= 11 is 0. The molecule has 360 valence electrons. The number of hydrogen-bond acceptors (Lipinski definition) is 4. The number of para-hydroxylation sites is 1. The molecule has 0 atom stereocenters. The number of nitrogens with zero attached hydrogens (tertiary/aromatic N) is 4. The van der Waals surface area contributed by atoms with Crippen molar-refractivity contribution in [3.8, 4) is 17.3 Å². The minimum Gasteiger partial charge on any atom is -0.509 e. The third-order valence-electron chi connectivity index (χ3n) is 13.2. The van der Waals surface area contributed by atoms with Crippen molar-refractivity contribution in [1.29, 1.82) is 0 Å². The maximum Gasteiger partial charge on any atom is 0.135 e. The average Bonchev–Trinajstić information content (AvgIpc) is 3.82. The van der Waals surface area contributed by atoms with E-state index in [0.29, 0.717) is 11.5 Å². The monoisotopic (exact) mass is 1080 g/mol. The van der Waals surface area contributed by atoms with Gasteiger partial charge in [-0.2, -0.15) is 6.07 Å². The number of anilines is 2. The fourth-order valence-corrected chi connectivity index (χ4v) is 8.67. The number of fused-ring (bicyclic) bond motifs is 3. The number of benzene rings is 5. The molecule has 0 unspecified atom stereocenters. The molecule has 0 aliphatic carbocycles. The molecule has 5 aromatic carbocycles. The summed E-state index contributed by atoms with van der Waals surface area (Å²) in [6, 6.07) is 43.2. The van der Waals surface area contributed by atoms with Crippen molar-refractivity contribution < 1.29 is 25.8 Å². The largest absolute Gasteiger partial charge is 0.509 e. The van der Waals surface area contributed by atoms with Gasteiger partial charge in [0.25, 0.3) is 0 Å². The van der Waals surface area contributed by atoms with E-state index in [9.17, 15) is 0 Å². The zero-order valence-electron chi connectivity index (χ0n) is 44.0. The van der Waals surface area contributed by atoms with Crippen molar-refractivity contribution >= 4 is 38.9 Å². The summed E-state index contributed by atoms with van der Waals surface area (Å²) in [5, 5.41) is 2.24. The topological polar surface area (TPSA) is 33.5 Å². The van der Waals surface area contributed by atoms with Crippen LogP contribution in [0.3, 0.4) is 0 Å². The Hall–Kier alpha value is -5.12. The Morgan fingerprint density at radius 3 is 1.59 bits per heavy atom. The summed E-state index contributed by atoms with van der Waals surface area (Å²) < 4.78 is 9.17. The van der Waals surface area contributed by atoms with Crippen LogP contribution in [0.5, 0.6) is 11.5 Å². The van der Waals surface area contributed by atoms with Crippen LogP contribution >= 0.6 is 0 Å². The Bertz CT molecular complexity index is 2970. The van der Waals surface area contributed by atoms with Gasteiger partial charge in [0, 0.05) is 55.7 Å². The summed E-state index contributed by atoms with van der Waals surface area (Å²) in [5.74, 6) is 2.10. The predicted octanol–water partition coefficient (Wildman–Crippen LogP) is 16.8. The van der Waals surface area contributed by atoms with Crippen LogP contribution in [0.15, 0.2) is 109 Å². The molecule has 0 amide bonds. The molecular weight excluding hydrogens is 1010 g/mol. The average molecular weight is 1090 g/mol. The molecule has 0 spiro atoms. The van der Waals surface area contributed by atoms with Crippen molar-refractivity contribution in [3.63, 3.8) is 0 Å². The molecule has 68 heavy (non-hydrogen) atoms. The van der Waals surface area contributed by atoms with Gasteiger partial charge in [0.15, 0.2) is 0 Å².